The third-order valence-corrected chi connectivity index (χ3v) is 3.49. The Labute approximate surface area is 118 Å². The summed E-state index contributed by atoms with van der Waals surface area (Å²) in [5, 5.41) is 16.6. The number of nitrogen functional groups attached to an aromatic ring is 1. The quantitative estimate of drug-likeness (QED) is 0.474. The third kappa shape index (κ3) is 2.97. The van der Waals surface area contributed by atoms with Crippen molar-refractivity contribution in [1.82, 2.24) is 14.9 Å². The van der Waals surface area contributed by atoms with Crippen LogP contribution in [0.25, 0.3) is 11.4 Å². The molecule has 2 rings (SSSR count). The monoisotopic (exact) mass is 292 g/mol. The van der Waals surface area contributed by atoms with Gasteiger partial charge in [0.2, 0.25) is 10.9 Å². The number of Topliss-reactive ketones (excluding diaryl/α,β-unsaturated/α-hetero) is 1. The minimum atomic E-state index is -1.47. The van der Waals surface area contributed by atoms with Crippen LogP contribution in [0.1, 0.15) is 5.56 Å². The summed E-state index contributed by atoms with van der Waals surface area (Å²) in [5.74, 6) is 3.68. The summed E-state index contributed by atoms with van der Waals surface area (Å²) in [6.07, 6.45) is 0. The molecule has 0 aliphatic rings. The number of aliphatic carboxylic acids is 1. The van der Waals surface area contributed by atoms with Gasteiger partial charge in [-0.25, -0.2) is 9.47 Å². The summed E-state index contributed by atoms with van der Waals surface area (Å²) >= 11 is 0.936. The van der Waals surface area contributed by atoms with Crippen molar-refractivity contribution in [3.05, 3.63) is 29.8 Å². The van der Waals surface area contributed by atoms with Crippen LogP contribution < -0.4 is 5.84 Å². The van der Waals surface area contributed by atoms with E-state index in [1.54, 1.807) is 0 Å². The Morgan fingerprint density at radius 3 is 2.55 bits per heavy atom. The zero-order chi connectivity index (χ0) is 14.7. The first kappa shape index (κ1) is 14.1. The number of hydrogen-bond acceptors (Lipinski definition) is 6. The topological polar surface area (TPSA) is 111 Å². The van der Waals surface area contributed by atoms with Gasteiger partial charge in [-0.3, -0.25) is 4.79 Å². The predicted octanol–water partition coefficient (Wildman–Crippen LogP) is 0.713. The summed E-state index contributed by atoms with van der Waals surface area (Å²) in [7, 11) is 0. The Kier molecular flexibility index (Phi) is 4.04. The van der Waals surface area contributed by atoms with Crippen molar-refractivity contribution in [2.24, 2.45) is 0 Å². The maximum absolute atomic E-state index is 11.0. The molecular weight excluding hydrogens is 280 g/mol. The highest BCUT2D eigenvalue weighted by molar-refractivity contribution is 7.99. The van der Waals surface area contributed by atoms with E-state index in [0.717, 1.165) is 22.9 Å². The molecule has 1 aromatic carbocycles. The van der Waals surface area contributed by atoms with Crippen molar-refractivity contribution >= 4 is 23.5 Å². The Bertz CT molecular complexity index is 651. The highest BCUT2D eigenvalue weighted by Gasteiger charge is 2.16. The van der Waals surface area contributed by atoms with Gasteiger partial charge in [0, 0.05) is 5.56 Å². The van der Waals surface area contributed by atoms with Crippen molar-refractivity contribution in [2.75, 3.05) is 11.6 Å². The summed E-state index contributed by atoms with van der Waals surface area (Å²) in [6.45, 7) is 1.97. The molecule has 0 aliphatic heterocycles. The number of hydrogen-bond donors (Lipinski definition) is 2. The van der Waals surface area contributed by atoms with E-state index in [2.05, 4.69) is 10.2 Å². The van der Waals surface area contributed by atoms with Gasteiger partial charge in [0.1, 0.15) is 0 Å². The summed E-state index contributed by atoms with van der Waals surface area (Å²) in [5.41, 5.74) is 1.90. The number of aryl methyl sites for hydroxylation is 1. The minimum Gasteiger partial charge on any atom is -0.475 e. The number of benzene rings is 1. The normalized spacial score (nSPS) is 10.4. The first-order valence-electron chi connectivity index (χ1n) is 5.65. The summed E-state index contributed by atoms with van der Waals surface area (Å²) < 4.78 is 1.24. The molecule has 0 bridgehead atoms. The molecule has 0 unspecified atom stereocenters. The second-order valence-electron chi connectivity index (χ2n) is 4.06. The van der Waals surface area contributed by atoms with Crippen LogP contribution in [0.4, 0.5) is 0 Å². The number of ketones is 1. The van der Waals surface area contributed by atoms with Crippen LogP contribution >= 0.6 is 11.8 Å². The second-order valence-corrected chi connectivity index (χ2v) is 5.00. The van der Waals surface area contributed by atoms with Crippen molar-refractivity contribution in [3.8, 4) is 11.4 Å². The van der Waals surface area contributed by atoms with E-state index >= 15 is 0 Å². The van der Waals surface area contributed by atoms with Crippen molar-refractivity contribution in [1.29, 1.82) is 0 Å². The third-order valence-electron chi connectivity index (χ3n) is 2.55. The van der Waals surface area contributed by atoms with E-state index in [9.17, 15) is 9.59 Å². The number of nitrogens with zero attached hydrogens (tertiary/aromatic N) is 3. The maximum atomic E-state index is 11.0. The van der Waals surface area contributed by atoms with E-state index in [1.807, 2.05) is 31.2 Å². The van der Waals surface area contributed by atoms with Gasteiger partial charge in [-0.2, -0.15) is 0 Å². The number of thioether (sulfide) groups is 1. The highest BCUT2D eigenvalue weighted by Crippen LogP contribution is 2.21. The van der Waals surface area contributed by atoms with E-state index in [4.69, 9.17) is 10.9 Å². The lowest BCUT2D eigenvalue weighted by atomic mass is 10.1. The molecular formula is C12H12N4O3S. The number of carboxylic acids is 1. The van der Waals surface area contributed by atoms with Gasteiger partial charge in [-0.1, -0.05) is 41.6 Å². The lowest BCUT2D eigenvalue weighted by Gasteiger charge is -2.03. The van der Waals surface area contributed by atoms with Crippen LogP contribution in [0, 0.1) is 6.92 Å². The van der Waals surface area contributed by atoms with Gasteiger partial charge < -0.3 is 10.9 Å². The number of carbonyl (C=O) groups excluding carboxylic acids is 1. The fraction of sp³-hybridized carbons (Fsp3) is 0.167. The largest absolute Gasteiger partial charge is 0.475 e. The number of nitrogens with two attached hydrogens (primary N) is 1. The highest BCUT2D eigenvalue weighted by atomic mass is 32.2. The Balaban J connectivity index is 2.17. The lowest BCUT2D eigenvalue weighted by Crippen LogP contribution is -2.16. The van der Waals surface area contributed by atoms with Gasteiger partial charge in [0.05, 0.1) is 5.75 Å². The van der Waals surface area contributed by atoms with Crippen molar-refractivity contribution in [2.45, 2.75) is 12.1 Å². The van der Waals surface area contributed by atoms with Crippen LogP contribution in [-0.4, -0.2) is 37.5 Å². The van der Waals surface area contributed by atoms with Crippen molar-refractivity contribution < 1.29 is 14.7 Å². The van der Waals surface area contributed by atoms with E-state index in [1.165, 1.54) is 4.68 Å². The van der Waals surface area contributed by atoms with Crippen LogP contribution in [0.5, 0.6) is 0 Å². The Hall–Kier alpha value is -2.35. The van der Waals surface area contributed by atoms with Crippen LogP contribution in [0.3, 0.4) is 0 Å². The number of carbonyl (C=O) groups is 2. The zero-order valence-electron chi connectivity index (χ0n) is 10.6. The fourth-order valence-corrected chi connectivity index (χ4v) is 2.17. The fourth-order valence-electron chi connectivity index (χ4n) is 1.47. The molecule has 20 heavy (non-hydrogen) atoms. The van der Waals surface area contributed by atoms with E-state index in [0.29, 0.717) is 5.82 Å². The molecule has 2 aromatic rings. The van der Waals surface area contributed by atoms with Gasteiger partial charge >= 0.3 is 5.97 Å². The number of aromatic nitrogens is 3. The summed E-state index contributed by atoms with van der Waals surface area (Å²) in [6, 6.07) is 7.56. The SMILES string of the molecule is Cc1ccc(-c2nnc(SCC(=O)C(=O)O)n2N)cc1. The summed E-state index contributed by atoms with van der Waals surface area (Å²) in [4.78, 5) is 21.5. The molecule has 0 radical (unpaired) electrons. The molecule has 7 nitrogen and oxygen atoms in total. The number of rotatable bonds is 5. The zero-order valence-corrected chi connectivity index (χ0v) is 11.4. The first-order chi connectivity index (χ1) is 9.49. The lowest BCUT2D eigenvalue weighted by molar-refractivity contribution is -0.147. The Morgan fingerprint density at radius 1 is 1.30 bits per heavy atom. The van der Waals surface area contributed by atoms with Crippen LogP contribution in [0.2, 0.25) is 0 Å². The van der Waals surface area contributed by atoms with Crippen LogP contribution in [-0.2, 0) is 9.59 Å². The average Bonchev–Trinajstić information content (AvgIpc) is 2.78. The van der Waals surface area contributed by atoms with Crippen LogP contribution in [0.15, 0.2) is 29.4 Å². The second kappa shape index (κ2) is 5.74. The standard InChI is InChI=1S/C12H12N4O3S/c1-7-2-4-8(5-3-7)10-14-15-12(16(10)13)20-6-9(17)11(18)19/h2-5H,6,13H2,1H3,(H,18,19). The maximum Gasteiger partial charge on any atom is 0.373 e. The molecule has 0 amide bonds. The smallest absolute Gasteiger partial charge is 0.373 e. The average molecular weight is 292 g/mol. The van der Waals surface area contributed by atoms with Gasteiger partial charge in [0.25, 0.3) is 0 Å². The molecule has 104 valence electrons. The molecule has 0 fully saturated rings. The van der Waals surface area contributed by atoms with Gasteiger partial charge in [-0.15, -0.1) is 10.2 Å². The molecule has 1 aromatic heterocycles. The first-order valence-corrected chi connectivity index (χ1v) is 6.64. The molecule has 0 saturated carbocycles. The molecule has 3 N–H and O–H groups in total. The molecule has 0 atom stereocenters. The van der Waals surface area contributed by atoms with Gasteiger partial charge in [0.15, 0.2) is 5.82 Å². The van der Waals surface area contributed by atoms with E-state index in [-0.39, 0.29) is 10.9 Å². The molecule has 0 spiro atoms. The van der Waals surface area contributed by atoms with Crippen molar-refractivity contribution in [3.63, 3.8) is 0 Å². The minimum absolute atomic E-state index is 0.238. The van der Waals surface area contributed by atoms with E-state index < -0.39 is 11.8 Å². The predicted molar refractivity (Wildman–Crippen MR) is 73.7 cm³/mol. The molecule has 0 aliphatic carbocycles. The molecule has 8 heteroatoms. The molecule has 0 saturated heterocycles. The Morgan fingerprint density at radius 2 is 1.95 bits per heavy atom. The molecule has 1 heterocycles. The number of carboxylic acid groups (broad SMARTS) is 1. The van der Waals surface area contributed by atoms with Gasteiger partial charge in [-0.05, 0) is 6.92 Å².